The maximum Gasteiger partial charge on any atom is 0.252 e. The van der Waals surface area contributed by atoms with Crippen molar-refractivity contribution >= 4 is 5.91 Å². The summed E-state index contributed by atoms with van der Waals surface area (Å²) < 4.78 is 5.46. The maximum absolute atomic E-state index is 12.3. The molecule has 0 bridgehead atoms. The van der Waals surface area contributed by atoms with E-state index in [1.165, 1.54) is 5.56 Å². The van der Waals surface area contributed by atoms with Gasteiger partial charge in [-0.2, -0.15) is 0 Å². The molecule has 0 spiro atoms. The second-order valence-corrected chi connectivity index (χ2v) is 5.49. The summed E-state index contributed by atoms with van der Waals surface area (Å²) in [7, 11) is 0. The predicted molar refractivity (Wildman–Crippen MR) is 71.8 cm³/mol. The highest BCUT2D eigenvalue weighted by atomic mass is 16.5. The molecule has 0 saturated carbocycles. The Morgan fingerprint density at radius 1 is 1.39 bits per heavy atom. The lowest BCUT2D eigenvalue weighted by Crippen LogP contribution is -2.51. The number of carbonyl (C=O) groups is 1. The molecule has 1 unspecified atom stereocenters. The van der Waals surface area contributed by atoms with E-state index in [4.69, 9.17) is 4.74 Å². The first kappa shape index (κ1) is 13.1. The zero-order valence-electron chi connectivity index (χ0n) is 11.4. The first-order valence-corrected chi connectivity index (χ1v) is 6.48. The summed E-state index contributed by atoms with van der Waals surface area (Å²) in [4.78, 5) is 12.3. The first-order chi connectivity index (χ1) is 8.50. The van der Waals surface area contributed by atoms with Gasteiger partial charge in [0.1, 0.15) is 0 Å². The number of aryl methyl sites for hydroxylation is 2. The molecule has 0 aliphatic carbocycles. The molecule has 1 aliphatic heterocycles. The third kappa shape index (κ3) is 2.91. The number of nitrogens with one attached hydrogen (secondary N) is 1. The maximum atomic E-state index is 12.3. The number of carbonyl (C=O) groups excluding carboxylic acids is 1. The fourth-order valence-corrected chi connectivity index (χ4v) is 2.44. The summed E-state index contributed by atoms with van der Waals surface area (Å²) in [5.41, 5.74) is 2.73. The van der Waals surface area contributed by atoms with Gasteiger partial charge in [0.05, 0.1) is 12.1 Å². The number of hydrogen-bond acceptors (Lipinski definition) is 2. The summed E-state index contributed by atoms with van der Waals surface area (Å²) in [6.07, 6.45) is 1.98. The van der Waals surface area contributed by atoms with Gasteiger partial charge in [-0.25, -0.2) is 0 Å². The third-order valence-corrected chi connectivity index (χ3v) is 3.48. The van der Waals surface area contributed by atoms with Crippen molar-refractivity contribution in [2.45, 2.75) is 39.2 Å². The van der Waals surface area contributed by atoms with E-state index < -0.39 is 0 Å². The van der Waals surface area contributed by atoms with Gasteiger partial charge in [-0.05, 0) is 45.2 Å². The molecule has 1 amide bonds. The van der Waals surface area contributed by atoms with Crippen LogP contribution in [0.3, 0.4) is 0 Å². The minimum atomic E-state index is -0.230. The van der Waals surface area contributed by atoms with Gasteiger partial charge in [0, 0.05) is 12.2 Å². The summed E-state index contributed by atoms with van der Waals surface area (Å²) in [6, 6.07) is 5.91. The Morgan fingerprint density at radius 3 is 2.78 bits per heavy atom. The van der Waals surface area contributed by atoms with E-state index >= 15 is 0 Å². The second-order valence-electron chi connectivity index (χ2n) is 5.49. The molecule has 3 heteroatoms. The van der Waals surface area contributed by atoms with Crippen LogP contribution in [0.2, 0.25) is 0 Å². The standard InChI is InChI=1S/C15H21NO2/c1-11-5-6-13(12(2)9-11)14(17)16-15(3)7-4-8-18-10-15/h5-6,9H,4,7-8,10H2,1-3H3,(H,16,17). The van der Waals surface area contributed by atoms with Gasteiger partial charge in [0.2, 0.25) is 0 Å². The highest BCUT2D eigenvalue weighted by Gasteiger charge is 2.29. The van der Waals surface area contributed by atoms with E-state index in [-0.39, 0.29) is 11.4 Å². The molecule has 1 aromatic rings. The lowest BCUT2D eigenvalue weighted by molar-refractivity contribution is 0.0272. The zero-order valence-corrected chi connectivity index (χ0v) is 11.4. The Hall–Kier alpha value is -1.35. The van der Waals surface area contributed by atoms with Crippen LogP contribution in [0.15, 0.2) is 18.2 Å². The van der Waals surface area contributed by atoms with Crippen LogP contribution in [0, 0.1) is 13.8 Å². The van der Waals surface area contributed by atoms with Crippen molar-refractivity contribution in [3.63, 3.8) is 0 Å². The van der Waals surface area contributed by atoms with Crippen LogP contribution in [-0.2, 0) is 4.74 Å². The molecule has 0 radical (unpaired) electrons. The molecule has 1 N–H and O–H groups in total. The molecule has 1 saturated heterocycles. The fraction of sp³-hybridized carbons (Fsp3) is 0.533. The van der Waals surface area contributed by atoms with E-state index in [9.17, 15) is 4.79 Å². The molecule has 18 heavy (non-hydrogen) atoms. The van der Waals surface area contributed by atoms with Crippen LogP contribution in [-0.4, -0.2) is 24.7 Å². The lowest BCUT2D eigenvalue weighted by Gasteiger charge is -2.34. The van der Waals surface area contributed by atoms with Crippen LogP contribution in [0.5, 0.6) is 0 Å². The SMILES string of the molecule is Cc1ccc(C(=O)NC2(C)CCCOC2)c(C)c1. The van der Waals surface area contributed by atoms with Gasteiger partial charge in [-0.1, -0.05) is 17.7 Å². The molecule has 1 fully saturated rings. The highest BCUT2D eigenvalue weighted by Crippen LogP contribution is 2.20. The van der Waals surface area contributed by atoms with Gasteiger partial charge >= 0.3 is 0 Å². The Balaban J connectivity index is 2.11. The number of hydrogen-bond donors (Lipinski definition) is 1. The Labute approximate surface area is 109 Å². The van der Waals surface area contributed by atoms with Crippen LogP contribution < -0.4 is 5.32 Å². The van der Waals surface area contributed by atoms with Crippen molar-refractivity contribution < 1.29 is 9.53 Å². The lowest BCUT2D eigenvalue weighted by atomic mass is 9.94. The van der Waals surface area contributed by atoms with Gasteiger partial charge in [0.25, 0.3) is 5.91 Å². The summed E-state index contributed by atoms with van der Waals surface area (Å²) >= 11 is 0. The number of ether oxygens (including phenoxy) is 1. The van der Waals surface area contributed by atoms with Gasteiger partial charge < -0.3 is 10.1 Å². The minimum Gasteiger partial charge on any atom is -0.379 e. The first-order valence-electron chi connectivity index (χ1n) is 6.48. The fourth-order valence-electron chi connectivity index (χ4n) is 2.44. The average Bonchev–Trinajstić information content (AvgIpc) is 2.28. The third-order valence-electron chi connectivity index (χ3n) is 3.48. The van der Waals surface area contributed by atoms with E-state index in [0.29, 0.717) is 6.61 Å². The van der Waals surface area contributed by atoms with Crippen LogP contribution in [0.25, 0.3) is 0 Å². The number of rotatable bonds is 2. The van der Waals surface area contributed by atoms with Gasteiger partial charge in [0.15, 0.2) is 0 Å². The molecule has 1 aliphatic rings. The van der Waals surface area contributed by atoms with Crippen molar-refractivity contribution in [1.82, 2.24) is 5.32 Å². The summed E-state index contributed by atoms with van der Waals surface area (Å²) in [5.74, 6) is 0.000463. The smallest absolute Gasteiger partial charge is 0.252 e. The largest absolute Gasteiger partial charge is 0.379 e. The van der Waals surface area contributed by atoms with Crippen molar-refractivity contribution in [3.8, 4) is 0 Å². The minimum absolute atomic E-state index is 0.000463. The van der Waals surface area contributed by atoms with Crippen LogP contribution >= 0.6 is 0 Å². The number of amides is 1. The Kier molecular flexibility index (Phi) is 3.71. The highest BCUT2D eigenvalue weighted by molar-refractivity contribution is 5.96. The van der Waals surface area contributed by atoms with E-state index in [0.717, 1.165) is 30.6 Å². The van der Waals surface area contributed by atoms with Crippen molar-refractivity contribution in [2.24, 2.45) is 0 Å². The van der Waals surface area contributed by atoms with E-state index in [2.05, 4.69) is 5.32 Å². The normalized spacial score (nSPS) is 23.7. The average molecular weight is 247 g/mol. The summed E-state index contributed by atoms with van der Waals surface area (Å²) in [6.45, 7) is 7.46. The second kappa shape index (κ2) is 5.11. The van der Waals surface area contributed by atoms with Crippen molar-refractivity contribution in [2.75, 3.05) is 13.2 Å². The van der Waals surface area contributed by atoms with Crippen LogP contribution in [0.4, 0.5) is 0 Å². The molecule has 2 rings (SSSR count). The summed E-state index contributed by atoms with van der Waals surface area (Å²) in [5, 5.41) is 3.11. The Morgan fingerprint density at radius 2 is 2.17 bits per heavy atom. The monoisotopic (exact) mass is 247 g/mol. The van der Waals surface area contributed by atoms with Crippen molar-refractivity contribution in [3.05, 3.63) is 34.9 Å². The van der Waals surface area contributed by atoms with Gasteiger partial charge in [-0.3, -0.25) is 4.79 Å². The molecule has 1 heterocycles. The molecule has 98 valence electrons. The topological polar surface area (TPSA) is 38.3 Å². The molecule has 1 aromatic carbocycles. The Bertz CT molecular complexity index is 448. The number of benzene rings is 1. The molecule has 1 atom stereocenters. The molecule has 3 nitrogen and oxygen atoms in total. The predicted octanol–water partition coefficient (Wildman–Crippen LogP) is 2.60. The molecular formula is C15H21NO2. The zero-order chi connectivity index (χ0) is 13.2. The quantitative estimate of drug-likeness (QED) is 0.872. The molecular weight excluding hydrogens is 226 g/mol. The van der Waals surface area contributed by atoms with Gasteiger partial charge in [-0.15, -0.1) is 0 Å². The van der Waals surface area contributed by atoms with Crippen LogP contribution in [0.1, 0.15) is 41.3 Å². The van der Waals surface area contributed by atoms with E-state index in [1.54, 1.807) is 0 Å². The van der Waals surface area contributed by atoms with E-state index in [1.807, 2.05) is 39.0 Å². The molecule has 0 aromatic heterocycles. The van der Waals surface area contributed by atoms with Crippen molar-refractivity contribution in [1.29, 1.82) is 0 Å².